The van der Waals surface area contributed by atoms with Gasteiger partial charge in [0.1, 0.15) is 5.54 Å². The monoisotopic (exact) mass is 319 g/mol. The Morgan fingerprint density at radius 2 is 2.13 bits per heavy atom. The Balaban J connectivity index is 1.79. The number of carbonyl (C=O) groups is 2. The van der Waals surface area contributed by atoms with Crippen LogP contribution in [0.5, 0.6) is 0 Å². The molecule has 2 N–H and O–H groups in total. The van der Waals surface area contributed by atoms with Gasteiger partial charge in [-0.05, 0) is 44.8 Å². The number of nitrogens with one attached hydrogen (secondary N) is 2. The Kier molecular flexibility index (Phi) is 4.66. The van der Waals surface area contributed by atoms with Crippen molar-refractivity contribution < 1.29 is 9.59 Å². The van der Waals surface area contributed by atoms with E-state index in [1.54, 1.807) is 6.20 Å². The van der Waals surface area contributed by atoms with Crippen molar-refractivity contribution in [1.29, 1.82) is 0 Å². The number of aromatic nitrogens is 2. The summed E-state index contributed by atoms with van der Waals surface area (Å²) < 4.78 is 1.83. The summed E-state index contributed by atoms with van der Waals surface area (Å²) in [6.07, 6.45) is 6.96. The van der Waals surface area contributed by atoms with E-state index in [1.165, 1.54) is 6.92 Å². The third kappa shape index (κ3) is 3.24. The minimum Gasteiger partial charge on any atom is -0.352 e. The maximum absolute atomic E-state index is 13.3. The van der Waals surface area contributed by atoms with E-state index < -0.39 is 5.54 Å². The standard InChI is InChI=1S/C16H25N5O2/c1-13(22)19-14-4-2-10-20(12-14)15(23)16(5-8-17-9-6-16)21-11-3-7-18-21/h3,7,11,14,17H,2,4-6,8-10,12H2,1H3,(H,19,22). The maximum Gasteiger partial charge on any atom is 0.250 e. The van der Waals surface area contributed by atoms with Crippen LogP contribution < -0.4 is 10.6 Å². The summed E-state index contributed by atoms with van der Waals surface area (Å²) in [4.78, 5) is 26.5. The molecule has 2 amide bonds. The van der Waals surface area contributed by atoms with Gasteiger partial charge >= 0.3 is 0 Å². The zero-order valence-corrected chi connectivity index (χ0v) is 13.6. The van der Waals surface area contributed by atoms with Gasteiger partial charge in [0.15, 0.2) is 0 Å². The van der Waals surface area contributed by atoms with Crippen LogP contribution in [-0.2, 0) is 15.1 Å². The van der Waals surface area contributed by atoms with Crippen LogP contribution in [0.4, 0.5) is 0 Å². The number of hydrogen-bond donors (Lipinski definition) is 2. The molecule has 2 aliphatic rings. The minimum absolute atomic E-state index is 0.0343. The van der Waals surface area contributed by atoms with Crippen LogP contribution >= 0.6 is 0 Å². The summed E-state index contributed by atoms with van der Waals surface area (Å²) in [6.45, 7) is 4.50. The van der Waals surface area contributed by atoms with Crippen molar-refractivity contribution >= 4 is 11.8 Å². The zero-order valence-electron chi connectivity index (χ0n) is 13.6. The number of rotatable bonds is 3. The molecule has 2 fully saturated rings. The van der Waals surface area contributed by atoms with Crippen LogP contribution in [0.3, 0.4) is 0 Å². The second-order valence-corrected chi connectivity index (χ2v) is 6.52. The Morgan fingerprint density at radius 3 is 2.78 bits per heavy atom. The molecule has 7 heteroatoms. The fraction of sp³-hybridized carbons (Fsp3) is 0.688. The summed E-state index contributed by atoms with van der Waals surface area (Å²) in [7, 11) is 0. The number of hydrogen-bond acceptors (Lipinski definition) is 4. The lowest BCUT2D eigenvalue weighted by Gasteiger charge is -2.42. The fourth-order valence-electron chi connectivity index (χ4n) is 3.76. The topological polar surface area (TPSA) is 79.3 Å². The lowest BCUT2D eigenvalue weighted by atomic mass is 9.86. The number of carbonyl (C=O) groups excluding carboxylic acids is 2. The number of nitrogens with zero attached hydrogens (tertiary/aromatic N) is 3. The molecule has 0 aromatic carbocycles. The molecule has 0 spiro atoms. The van der Waals surface area contributed by atoms with Gasteiger partial charge < -0.3 is 15.5 Å². The first-order chi connectivity index (χ1) is 11.1. The molecule has 0 saturated carbocycles. The van der Waals surface area contributed by atoms with Crippen molar-refractivity contribution in [2.24, 2.45) is 0 Å². The smallest absolute Gasteiger partial charge is 0.250 e. The van der Waals surface area contributed by atoms with E-state index in [2.05, 4.69) is 15.7 Å². The molecule has 0 radical (unpaired) electrons. The molecule has 1 aromatic heterocycles. The van der Waals surface area contributed by atoms with E-state index in [1.807, 2.05) is 21.8 Å². The molecular formula is C16H25N5O2. The van der Waals surface area contributed by atoms with Gasteiger partial charge in [0.25, 0.3) is 5.91 Å². The van der Waals surface area contributed by atoms with Crippen molar-refractivity contribution in [3.8, 4) is 0 Å². The SMILES string of the molecule is CC(=O)NC1CCCN(C(=O)C2(n3cccn3)CCNCC2)C1. The molecule has 1 unspecified atom stereocenters. The van der Waals surface area contributed by atoms with Crippen LogP contribution in [-0.4, -0.2) is 58.7 Å². The number of piperidine rings is 2. The summed E-state index contributed by atoms with van der Waals surface area (Å²) >= 11 is 0. The Bertz CT molecular complexity index is 551. The second-order valence-electron chi connectivity index (χ2n) is 6.52. The van der Waals surface area contributed by atoms with Gasteiger partial charge in [-0.2, -0.15) is 5.10 Å². The summed E-state index contributed by atoms with van der Waals surface area (Å²) in [5.74, 6) is 0.103. The van der Waals surface area contributed by atoms with E-state index in [9.17, 15) is 9.59 Å². The first-order valence-corrected chi connectivity index (χ1v) is 8.39. The predicted octanol–water partition coefficient (Wildman–Crippen LogP) is 0.0889. The van der Waals surface area contributed by atoms with Gasteiger partial charge in [-0.15, -0.1) is 0 Å². The first kappa shape index (κ1) is 16.0. The highest BCUT2D eigenvalue weighted by atomic mass is 16.2. The average molecular weight is 319 g/mol. The van der Waals surface area contributed by atoms with Crippen LogP contribution in [0.1, 0.15) is 32.6 Å². The molecule has 1 aromatic rings. The summed E-state index contributed by atoms with van der Waals surface area (Å²) in [5, 5.41) is 10.6. The lowest BCUT2D eigenvalue weighted by molar-refractivity contribution is -0.145. The van der Waals surface area contributed by atoms with Crippen molar-refractivity contribution in [1.82, 2.24) is 25.3 Å². The van der Waals surface area contributed by atoms with E-state index in [-0.39, 0.29) is 17.9 Å². The molecule has 0 aliphatic carbocycles. The van der Waals surface area contributed by atoms with Crippen LogP contribution in [0.15, 0.2) is 18.5 Å². The normalized spacial score (nSPS) is 24.2. The molecule has 23 heavy (non-hydrogen) atoms. The van der Waals surface area contributed by atoms with Crippen molar-refractivity contribution in [3.05, 3.63) is 18.5 Å². The van der Waals surface area contributed by atoms with Gasteiger partial charge in [-0.25, -0.2) is 0 Å². The van der Waals surface area contributed by atoms with Gasteiger partial charge in [0.05, 0.1) is 0 Å². The highest BCUT2D eigenvalue weighted by molar-refractivity contribution is 5.85. The minimum atomic E-state index is -0.590. The van der Waals surface area contributed by atoms with Gasteiger partial charge in [-0.1, -0.05) is 0 Å². The Hall–Kier alpha value is -1.89. The van der Waals surface area contributed by atoms with Gasteiger partial charge in [-0.3, -0.25) is 14.3 Å². The zero-order chi connectivity index (χ0) is 16.3. The molecule has 3 rings (SSSR count). The van der Waals surface area contributed by atoms with Crippen molar-refractivity contribution in [2.45, 2.75) is 44.2 Å². The van der Waals surface area contributed by atoms with E-state index in [4.69, 9.17) is 0 Å². The largest absolute Gasteiger partial charge is 0.352 e. The summed E-state index contributed by atoms with van der Waals surface area (Å²) in [6, 6.07) is 1.93. The van der Waals surface area contributed by atoms with Gasteiger partial charge in [0.2, 0.25) is 5.91 Å². The third-order valence-electron chi connectivity index (χ3n) is 4.89. The van der Waals surface area contributed by atoms with Crippen molar-refractivity contribution in [2.75, 3.05) is 26.2 Å². The molecule has 0 bridgehead atoms. The molecule has 3 heterocycles. The molecule has 1 atom stereocenters. The molecule has 2 aliphatic heterocycles. The first-order valence-electron chi connectivity index (χ1n) is 8.39. The molecule has 2 saturated heterocycles. The van der Waals surface area contributed by atoms with Crippen LogP contribution in [0, 0.1) is 0 Å². The average Bonchev–Trinajstić information content (AvgIpc) is 3.09. The number of amides is 2. The maximum atomic E-state index is 13.3. The highest BCUT2D eigenvalue weighted by Crippen LogP contribution is 2.30. The van der Waals surface area contributed by atoms with Crippen LogP contribution in [0.2, 0.25) is 0 Å². The lowest BCUT2D eigenvalue weighted by Crippen LogP contribution is -2.59. The van der Waals surface area contributed by atoms with Gasteiger partial charge in [0, 0.05) is 38.4 Å². The van der Waals surface area contributed by atoms with Crippen LogP contribution in [0.25, 0.3) is 0 Å². The molecule has 7 nitrogen and oxygen atoms in total. The van der Waals surface area contributed by atoms with E-state index in [0.717, 1.165) is 45.3 Å². The Labute approximate surface area is 136 Å². The molecule has 126 valence electrons. The van der Waals surface area contributed by atoms with Crippen molar-refractivity contribution in [3.63, 3.8) is 0 Å². The predicted molar refractivity (Wildman–Crippen MR) is 85.7 cm³/mol. The van der Waals surface area contributed by atoms with E-state index in [0.29, 0.717) is 6.54 Å². The second kappa shape index (κ2) is 6.70. The quantitative estimate of drug-likeness (QED) is 0.827. The Morgan fingerprint density at radius 1 is 1.35 bits per heavy atom. The van der Waals surface area contributed by atoms with E-state index >= 15 is 0 Å². The summed E-state index contributed by atoms with van der Waals surface area (Å²) in [5.41, 5.74) is -0.590. The number of likely N-dealkylation sites (tertiary alicyclic amines) is 1. The highest BCUT2D eigenvalue weighted by Gasteiger charge is 2.45. The fourth-order valence-corrected chi connectivity index (χ4v) is 3.76. The molecular weight excluding hydrogens is 294 g/mol. The third-order valence-corrected chi connectivity index (χ3v) is 4.89.